The van der Waals surface area contributed by atoms with Crippen LogP contribution in [0.3, 0.4) is 0 Å². The summed E-state index contributed by atoms with van der Waals surface area (Å²) in [7, 11) is 0. The van der Waals surface area contributed by atoms with Crippen LogP contribution in [0.4, 0.5) is 0 Å². The van der Waals surface area contributed by atoms with E-state index in [-0.39, 0.29) is 18.1 Å². The first kappa shape index (κ1) is 18.7. The zero-order valence-electron chi connectivity index (χ0n) is 15.9. The van der Waals surface area contributed by atoms with Crippen LogP contribution in [0.5, 0.6) is 0 Å². The number of ether oxygens (including phenoxy) is 1. The highest BCUT2D eigenvalue weighted by atomic mass is 16.5. The van der Waals surface area contributed by atoms with Crippen molar-refractivity contribution in [2.24, 2.45) is 10.7 Å². The number of rotatable bonds is 3. The average Bonchev–Trinajstić information content (AvgIpc) is 2.66. The second-order valence-electron chi connectivity index (χ2n) is 7.39. The first-order valence-corrected chi connectivity index (χ1v) is 9.61. The maximum Gasteiger partial charge on any atom is 0.254 e. The summed E-state index contributed by atoms with van der Waals surface area (Å²) in [6, 6.07) is 7.70. The van der Waals surface area contributed by atoms with Gasteiger partial charge in [-0.15, -0.1) is 0 Å². The Morgan fingerprint density at radius 2 is 1.69 bits per heavy atom. The predicted octanol–water partition coefficient (Wildman–Crippen LogP) is 2.24. The fourth-order valence-electron chi connectivity index (χ4n) is 3.67. The highest BCUT2D eigenvalue weighted by Gasteiger charge is 2.26. The Hall–Kier alpha value is -2.08. The number of likely N-dealkylation sites (tertiary alicyclic amines) is 1. The van der Waals surface area contributed by atoms with E-state index in [1.54, 1.807) is 0 Å². The number of benzene rings is 1. The van der Waals surface area contributed by atoms with Crippen LogP contribution in [-0.4, -0.2) is 60.1 Å². The number of hydrogen-bond acceptors (Lipinski definition) is 3. The number of piperidine rings is 1. The van der Waals surface area contributed by atoms with Gasteiger partial charge in [0.15, 0.2) is 5.96 Å². The van der Waals surface area contributed by atoms with Crippen LogP contribution in [0.2, 0.25) is 0 Å². The van der Waals surface area contributed by atoms with E-state index < -0.39 is 0 Å². The van der Waals surface area contributed by atoms with Crippen molar-refractivity contribution in [2.45, 2.75) is 51.9 Å². The molecule has 3 rings (SSSR count). The van der Waals surface area contributed by atoms with E-state index >= 15 is 0 Å². The standard InChI is InChI=1S/C20H30N4O2/c1-15-13-24(14-16(2)26-15)19(25)18-8-6-17(7-9-18)12-22-20(21)23-10-4-3-5-11-23/h6-9,15-16H,3-5,10-14H2,1-2H3,(H2,21,22). The Morgan fingerprint density at radius 3 is 2.31 bits per heavy atom. The summed E-state index contributed by atoms with van der Waals surface area (Å²) >= 11 is 0. The second-order valence-corrected chi connectivity index (χ2v) is 7.39. The van der Waals surface area contributed by atoms with Gasteiger partial charge in [0.2, 0.25) is 0 Å². The average molecular weight is 358 g/mol. The first-order chi connectivity index (χ1) is 12.5. The van der Waals surface area contributed by atoms with Gasteiger partial charge in [0.1, 0.15) is 0 Å². The molecule has 2 fully saturated rings. The van der Waals surface area contributed by atoms with Gasteiger partial charge in [-0.2, -0.15) is 0 Å². The molecule has 142 valence electrons. The molecule has 6 heteroatoms. The number of carbonyl (C=O) groups is 1. The molecule has 2 N–H and O–H groups in total. The minimum Gasteiger partial charge on any atom is -0.372 e. The molecule has 0 aliphatic carbocycles. The van der Waals surface area contributed by atoms with E-state index in [1.807, 2.05) is 43.0 Å². The van der Waals surface area contributed by atoms with E-state index in [0.29, 0.717) is 31.2 Å². The summed E-state index contributed by atoms with van der Waals surface area (Å²) in [5, 5.41) is 0. The number of amides is 1. The van der Waals surface area contributed by atoms with Crippen LogP contribution in [-0.2, 0) is 11.3 Å². The van der Waals surface area contributed by atoms with E-state index in [1.165, 1.54) is 19.3 Å². The summed E-state index contributed by atoms with van der Waals surface area (Å²) in [6.45, 7) is 7.83. The molecule has 0 bridgehead atoms. The molecule has 0 saturated carbocycles. The van der Waals surface area contributed by atoms with Crippen LogP contribution >= 0.6 is 0 Å². The van der Waals surface area contributed by atoms with Gasteiger partial charge in [-0.05, 0) is 50.8 Å². The molecule has 0 aromatic heterocycles. The zero-order valence-corrected chi connectivity index (χ0v) is 15.9. The molecule has 1 aromatic rings. The third-order valence-corrected chi connectivity index (χ3v) is 5.01. The molecule has 2 atom stereocenters. The molecule has 26 heavy (non-hydrogen) atoms. The molecule has 2 saturated heterocycles. The fraction of sp³-hybridized carbons (Fsp3) is 0.600. The van der Waals surface area contributed by atoms with Gasteiger partial charge in [-0.25, -0.2) is 4.99 Å². The van der Waals surface area contributed by atoms with Gasteiger partial charge < -0.3 is 20.3 Å². The Labute approximate surface area is 156 Å². The molecular formula is C20H30N4O2. The molecule has 1 aromatic carbocycles. The molecule has 2 aliphatic rings. The van der Waals surface area contributed by atoms with Crippen molar-refractivity contribution in [3.8, 4) is 0 Å². The van der Waals surface area contributed by atoms with Gasteiger partial charge in [0, 0.05) is 31.7 Å². The Bertz CT molecular complexity index is 628. The molecule has 2 unspecified atom stereocenters. The van der Waals surface area contributed by atoms with Crippen molar-refractivity contribution in [1.82, 2.24) is 9.80 Å². The fourth-order valence-corrected chi connectivity index (χ4v) is 3.67. The maximum atomic E-state index is 12.7. The second kappa shape index (κ2) is 8.54. The number of hydrogen-bond donors (Lipinski definition) is 1. The van der Waals surface area contributed by atoms with Crippen LogP contribution in [0.1, 0.15) is 49.0 Å². The van der Waals surface area contributed by atoms with Crippen molar-refractivity contribution in [3.05, 3.63) is 35.4 Å². The number of nitrogens with two attached hydrogens (primary N) is 1. The summed E-state index contributed by atoms with van der Waals surface area (Å²) in [5.41, 5.74) is 7.87. The van der Waals surface area contributed by atoms with Gasteiger partial charge in [0.25, 0.3) is 5.91 Å². The molecule has 6 nitrogen and oxygen atoms in total. The molecule has 2 aliphatic heterocycles. The van der Waals surface area contributed by atoms with Crippen molar-refractivity contribution in [3.63, 3.8) is 0 Å². The van der Waals surface area contributed by atoms with Crippen LogP contribution in [0, 0.1) is 0 Å². The molecule has 0 spiro atoms. The quantitative estimate of drug-likeness (QED) is 0.664. The van der Waals surface area contributed by atoms with Gasteiger partial charge in [-0.3, -0.25) is 4.79 Å². The normalized spacial score (nSPS) is 24.6. The minimum atomic E-state index is 0.0647. The number of carbonyl (C=O) groups excluding carboxylic acids is 1. The van der Waals surface area contributed by atoms with Crippen molar-refractivity contribution >= 4 is 11.9 Å². The predicted molar refractivity (Wildman–Crippen MR) is 103 cm³/mol. The zero-order chi connectivity index (χ0) is 18.5. The highest BCUT2D eigenvalue weighted by molar-refractivity contribution is 5.94. The third kappa shape index (κ3) is 4.75. The van der Waals surface area contributed by atoms with E-state index in [0.717, 1.165) is 18.7 Å². The lowest BCUT2D eigenvalue weighted by Crippen LogP contribution is -2.48. The van der Waals surface area contributed by atoms with Crippen LogP contribution < -0.4 is 5.73 Å². The molecular weight excluding hydrogens is 328 g/mol. The lowest BCUT2D eigenvalue weighted by molar-refractivity contribution is -0.0586. The van der Waals surface area contributed by atoms with Crippen molar-refractivity contribution in [1.29, 1.82) is 0 Å². The summed E-state index contributed by atoms with van der Waals surface area (Å²) < 4.78 is 5.70. The SMILES string of the molecule is CC1CN(C(=O)c2ccc(CN=C(N)N3CCCCC3)cc2)CC(C)O1. The maximum absolute atomic E-state index is 12.7. The van der Waals surface area contributed by atoms with Crippen molar-refractivity contribution < 1.29 is 9.53 Å². The Morgan fingerprint density at radius 1 is 1.08 bits per heavy atom. The molecule has 0 radical (unpaired) electrons. The number of morpholine rings is 1. The summed E-state index contributed by atoms with van der Waals surface area (Å²) in [6.07, 6.45) is 3.81. The van der Waals surface area contributed by atoms with Crippen molar-refractivity contribution in [2.75, 3.05) is 26.2 Å². The van der Waals surface area contributed by atoms with E-state index in [2.05, 4.69) is 9.89 Å². The van der Waals surface area contributed by atoms with E-state index in [9.17, 15) is 4.79 Å². The smallest absolute Gasteiger partial charge is 0.254 e. The number of guanidine groups is 1. The summed E-state index contributed by atoms with van der Waals surface area (Å²) in [4.78, 5) is 21.2. The molecule has 1 amide bonds. The largest absolute Gasteiger partial charge is 0.372 e. The monoisotopic (exact) mass is 358 g/mol. The van der Waals surface area contributed by atoms with Gasteiger partial charge >= 0.3 is 0 Å². The number of aliphatic imine (C=N–C) groups is 1. The molecule has 2 heterocycles. The number of nitrogens with zero attached hydrogens (tertiary/aromatic N) is 3. The minimum absolute atomic E-state index is 0.0647. The highest BCUT2D eigenvalue weighted by Crippen LogP contribution is 2.15. The summed E-state index contributed by atoms with van der Waals surface area (Å²) in [5.74, 6) is 0.691. The Balaban J connectivity index is 1.58. The Kier molecular flexibility index (Phi) is 6.14. The third-order valence-electron chi connectivity index (χ3n) is 5.01. The first-order valence-electron chi connectivity index (χ1n) is 9.61. The van der Waals surface area contributed by atoms with Crippen LogP contribution in [0.15, 0.2) is 29.3 Å². The lowest BCUT2D eigenvalue weighted by atomic mass is 10.1. The van der Waals surface area contributed by atoms with Crippen LogP contribution in [0.25, 0.3) is 0 Å². The topological polar surface area (TPSA) is 71.2 Å². The van der Waals surface area contributed by atoms with E-state index in [4.69, 9.17) is 10.5 Å². The lowest BCUT2D eigenvalue weighted by Gasteiger charge is -2.35. The van der Waals surface area contributed by atoms with Gasteiger partial charge in [-0.1, -0.05) is 12.1 Å². The van der Waals surface area contributed by atoms with Gasteiger partial charge in [0.05, 0.1) is 18.8 Å².